The van der Waals surface area contributed by atoms with Crippen LogP contribution in [0.15, 0.2) is 0 Å². The first kappa shape index (κ1) is 14.4. The van der Waals surface area contributed by atoms with Gasteiger partial charge in [-0.25, -0.2) is 8.42 Å². The lowest BCUT2D eigenvalue weighted by atomic mass is 9.85. The highest BCUT2D eigenvalue weighted by atomic mass is 32.2. The van der Waals surface area contributed by atoms with Crippen LogP contribution in [-0.4, -0.2) is 38.9 Å². The van der Waals surface area contributed by atoms with Gasteiger partial charge in [0.1, 0.15) is 5.75 Å². The molecule has 0 aromatic carbocycles. The lowest BCUT2D eigenvalue weighted by Gasteiger charge is -2.27. The largest absolute Gasteiger partial charge is 0.358 e. The maximum atomic E-state index is 11.7. The van der Waals surface area contributed by atoms with E-state index in [0.717, 1.165) is 25.7 Å². The minimum Gasteiger partial charge on any atom is -0.358 e. The zero-order valence-electron chi connectivity index (χ0n) is 10.3. The van der Waals surface area contributed by atoms with E-state index in [0.29, 0.717) is 5.92 Å². The van der Waals surface area contributed by atoms with E-state index in [1.165, 1.54) is 13.5 Å². The van der Waals surface area contributed by atoms with Crippen LogP contribution in [0.2, 0.25) is 0 Å². The number of hydrogen-bond acceptors (Lipinski definition) is 4. The normalized spacial score (nSPS) is 19.9. The van der Waals surface area contributed by atoms with Crippen molar-refractivity contribution >= 4 is 15.7 Å². The molecule has 0 aromatic heterocycles. The lowest BCUT2D eigenvalue weighted by Crippen LogP contribution is -2.40. The molecule has 1 aliphatic rings. The van der Waals surface area contributed by atoms with Gasteiger partial charge in [0, 0.05) is 13.1 Å². The molecule has 1 rings (SSSR count). The van der Waals surface area contributed by atoms with E-state index in [1.54, 1.807) is 0 Å². The summed E-state index contributed by atoms with van der Waals surface area (Å²) in [6.07, 6.45) is 5.50. The van der Waals surface area contributed by atoms with E-state index in [9.17, 15) is 13.2 Å². The fourth-order valence-corrected chi connectivity index (χ4v) is 3.84. The van der Waals surface area contributed by atoms with Crippen LogP contribution in [0, 0.1) is 5.92 Å². The maximum absolute atomic E-state index is 11.7. The van der Waals surface area contributed by atoms with Crippen molar-refractivity contribution < 1.29 is 13.2 Å². The van der Waals surface area contributed by atoms with Crippen molar-refractivity contribution in [2.24, 2.45) is 11.7 Å². The van der Waals surface area contributed by atoms with Crippen molar-refractivity contribution in [2.75, 3.05) is 18.6 Å². The van der Waals surface area contributed by atoms with E-state index in [1.807, 2.05) is 0 Å². The van der Waals surface area contributed by atoms with Crippen LogP contribution in [0.1, 0.15) is 32.1 Å². The SMILES string of the molecule is CNC(=O)CS(=O)(=O)CC(N)C1CCCCC1. The van der Waals surface area contributed by atoms with Gasteiger partial charge in [-0.15, -0.1) is 0 Å². The molecule has 100 valence electrons. The van der Waals surface area contributed by atoms with Crippen molar-refractivity contribution in [2.45, 2.75) is 38.1 Å². The summed E-state index contributed by atoms with van der Waals surface area (Å²) < 4.78 is 23.4. The van der Waals surface area contributed by atoms with Gasteiger partial charge < -0.3 is 11.1 Å². The number of nitrogens with one attached hydrogen (secondary N) is 1. The van der Waals surface area contributed by atoms with Gasteiger partial charge in [-0.1, -0.05) is 19.3 Å². The van der Waals surface area contributed by atoms with Crippen LogP contribution in [0.3, 0.4) is 0 Å². The molecule has 1 saturated carbocycles. The highest BCUT2D eigenvalue weighted by molar-refractivity contribution is 7.92. The molecule has 0 aliphatic heterocycles. The predicted molar refractivity (Wildman–Crippen MR) is 67.3 cm³/mol. The summed E-state index contributed by atoms with van der Waals surface area (Å²) in [4.78, 5) is 11.1. The molecule has 0 heterocycles. The molecule has 3 N–H and O–H groups in total. The molecule has 1 atom stereocenters. The number of nitrogens with two attached hydrogens (primary N) is 1. The standard InChI is InChI=1S/C11H22N2O3S/c1-13-11(14)8-17(15,16)7-10(12)9-5-3-2-4-6-9/h9-10H,2-8,12H2,1H3,(H,13,14). The molecule has 0 spiro atoms. The van der Waals surface area contributed by atoms with Gasteiger partial charge >= 0.3 is 0 Å². The van der Waals surface area contributed by atoms with Crippen LogP contribution < -0.4 is 11.1 Å². The Labute approximate surface area is 103 Å². The van der Waals surface area contributed by atoms with Crippen molar-refractivity contribution in [3.63, 3.8) is 0 Å². The number of hydrogen-bond donors (Lipinski definition) is 2. The summed E-state index contributed by atoms with van der Waals surface area (Å²) in [5.41, 5.74) is 5.94. The van der Waals surface area contributed by atoms with Gasteiger partial charge in [0.2, 0.25) is 5.91 Å². The average Bonchev–Trinajstić information content (AvgIpc) is 2.28. The third-order valence-corrected chi connectivity index (χ3v) is 4.93. The minimum absolute atomic E-state index is 0.0783. The quantitative estimate of drug-likeness (QED) is 0.733. The van der Waals surface area contributed by atoms with E-state index in [2.05, 4.69) is 5.32 Å². The molecule has 1 amide bonds. The monoisotopic (exact) mass is 262 g/mol. The highest BCUT2D eigenvalue weighted by Crippen LogP contribution is 2.26. The van der Waals surface area contributed by atoms with Crippen LogP contribution >= 0.6 is 0 Å². The fourth-order valence-electron chi connectivity index (χ4n) is 2.32. The summed E-state index contributed by atoms with van der Waals surface area (Å²) in [6.45, 7) is 0. The Balaban J connectivity index is 2.48. The Bertz CT molecular complexity index is 348. The molecule has 1 fully saturated rings. The van der Waals surface area contributed by atoms with Crippen LogP contribution in [0.5, 0.6) is 0 Å². The first-order chi connectivity index (χ1) is 7.94. The number of amides is 1. The number of rotatable bonds is 5. The molecule has 1 aliphatic carbocycles. The third kappa shape index (κ3) is 5.04. The third-order valence-electron chi connectivity index (χ3n) is 3.33. The second-order valence-corrected chi connectivity index (χ2v) is 6.90. The van der Waals surface area contributed by atoms with Crippen LogP contribution in [-0.2, 0) is 14.6 Å². The summed E-state index contributed by atoms with van der Waals surface area (Å²) in [5, 5.41) is 2.31. The molecule has 1 unspecified atom stereocenters. The Hall–Kier alpha value is -0.620. The number of carbonyl (C=O) groups excluding carboxylic acids is 1. The van der Waals surface area contributed by atoms with E-state index >= 15 is 0 Å². The lowest BCUT2D eigenvalue weighted by molar-refractivity contribution is -0.118. The molecule has 0 aromatic rings. The van der Waals surface area contributed by atoms with Gasteiger partial charge in [0.25, 0.3) is 0 Å². The molecule has 0 saturated heterocycles. The second-order valence-electron chi connectivity index (χ2n) is 4.79. The topological polar surface area (TPSA) is 89.3 Å². The molecule has 0 bridgehead atoms. The first-order valence-electron chi connectivity index (χ1n) is 6.11. The van der Waals surface area contributed by atoms with E-state index < -0.39 is 21.5 Å². The Morgan fingerprint density at radius 1 is 1.35 bits per heavy atom. The summed E-state index contributed by atoms with van der Waals surface area (Å²) in [6, 6.07) is -0.329. The first-order valence-corrected chi connectivity index (χ1v) is 7.93. The minimum atomic E-state index is -3.38. The van der Waals surface area contributed by atoms with Crippen molar-refractivity contribution in [3.05, 3.63) is 0 Å². The smallest absolute Gasteiger partial charge is 0.234 e. The van der Waals surface area contributed by atoms with Crippen molar-refractivity contribution in [1.82, 2.24) is 5.32 Å². The van der Waals surface area contributed by atoms with Crippen molar-refractivity contribution in [1.29, 1.82) is 0 Å². The molecule has 5 nitrogen and oxygen atoms in total. The van der Waals surface area contributed by atoms with Crippen molar-refractivity contribution in [3.8, 4) is 0 Å². The maximum Gasteiger partial charge on any atom is 0.234 e. The number of carbonyl (C=O) groups is 1. The van der Waals surface area contributed by atoms with Crippen LogP contribution in [0.25, 0.3) is 0 Å². The summed E-state index contributed by atoms with van der Waals surface area (Å²) in [7, 11) is -1.95. The highest BCUT2D eigenvalue weighted by Gasteiger charge is 2.26. The Kier molecular flexibility index (Phi) is 5.39. The Morgan fingerprint density at radius 2 is 1.94 bits per heavy atom. The molecular formula is C11H22N2O3S. The van der Waals surface area contributed by atoms with E-state index in [-0.39, 0.29) is 11.8 Å². The van der Waals surface area contributed by atoms with Gasteiger partial charge in [0.15, 0.2) is 9.84 Å². The van der Waals surface area contributed by atoms with E-state index in [4.69, 9.17) is 5.73 Å². The molecule has 6 heteroatoms. The van der Waals surface area contributed by atoms with Gasteiger partial charge in [-0.3, -0.25) is 4.79 Å². The summed E-state index contributed by atoms with van der Waals surface area (Å²) >= 11 is 0. The Morgan fingerprint density at radius 3 is 2.47 bits per heavy atom. The van der Waals surface area contributed by atoms with Gasteiger partial charge in [0.05, 0.1) is 5.75 Å². The number of sulfone groups is 1. The van der Waals surface area contributed by atoms with Crippen LogP contribution in [0.4, 0.5) is 0 Å². The molecular weight excluding hydrogens is 240 g/mol. The second kappa shape index (κ2) is 6.35. The molecule has 17 heavy (non-hydrogen) atoms. The van der Waals surface area contributed by atoms with Gasteiger partial charge in [-0.2, -0.15) is 0 Å². The fraction of sp³-hybridized carbons (Fsp3) is 0.909. The zero-order valence-corrected chi connectivity index (χ0v) is 11.1. The molecule has 0 radical (unpaired) electrons. The zero-order chi connectivity index (χ0) is 12.9. The summed E-state index contributed by atoms with van der Waals surface area (Å²) in [5.74, 6) is -0.710. The average molecular weight is 262 g/mol. The van der Waals surface area contributed by atoms with Gasteiger partial charge in [-0.05, 0) is 18.8 Å². The predicted octanol–water partition coefficient (Wildman–Crippen LogP) is 0.0548.